The standard InChI is InChI=1S/C14H17ClN6O/c1-9-17-14(20-19-9)11-3-2-6-21(11)8-13(22)18-12-5-4-10(15)7-16-12/h4-5,7,11H,2-3,6,8H2,1H3,(H,16,18,22)(H,17,19,20)/t11-/m0/s1. The van der Waals surface area contributed by atoms with E-state index in [9.17, 15) is 4.79 Å². The van der Waals surface area contributed by atoms with E-state index in [-0.39, 0.29) is 11.9 Å². The Morgan fingerprint density at radius 2 is 2.41 bits per heavy atom. The fourth-order valence-electron chi connectivity index (χ4n) is 2.63. The van der Waals surface area contributed by atoms with Gasteiger partial charge in [-0.3, -0.25) is 14.8 Å². The average molecular weight is 321 g/mol. The van der Waals surface area contributed by atoms with Crippen molar-refractivity contribution in [2.24, 2.45) is 0 Å². The van der Waals surface area contributed by atoms with Crippen LogP contribution < -0.4 is 5.32 Å². The number of hydrogen-bond donors (Lipinski definition) is 2. The van der Waals surface area contributed by atoms with Crippen molar-refractivity contribution in [1.29, 1.82) is 0 Å². The summed E-state index contributed by atoms with van der Waals surface area (Å²) in [6.07, 6.45) is 3.50. The first kappa shape index (κ1) is 14.9. The Balaban J connectivity index is 1.61. The quantitative estimate of drug-likeness (QED) is 0.899. The summed E-state index contributed by atoms with van der Waals surface area (Å²) in [4.78, 5) is 22.7. The number of aryl methyl sites for hydroxylation is 1. The molecule has 0 bridgehead atoms. The molecule has 0 spiro atoms. The third-order valence-corrected chi connectivity index (χ3v) is 3.84. The molecule has 3 heterocycles. The van der Waals surface area contributed by atoms with Crippen molar-refractivity contribution < 1.29 is 4.79 Å². The molecule has 0 saturated carbocycles. The fraction of sp³-hybridized carbons (Fsp3) is 0.429. The first-order chi connectivity index (χ1) is 10.6. The first-order valence-corrected chi connectivity index (χ1v) is 7.54. The SMILES string of the molecule is Cc1nc([C@@H]2CCCN2CC(=O)Nc2ccc(Cl)cn2)n[nH]1. The molecule has 1 amide bonds. The van der Waals surface area contributed by atoms with E-state index >= 15 is 0 Å². The van der Waals surface area contributed by atoms with Crippen molar-refractivity contribution in [2.45, 2.75) is 25.8 Å². The average Bonchev–Trinajstić information content (AvgIpc) is 3.10. The predicted octanol–water partition coefficient (Wildman–Crippen LogP) is 1.94. The Kier molecular flexibility index (Phi) is 4.35. The number of hydrogen-bond acceptors (Lipinski definition) is 5. The second-order valence-corrected chi connectivity index (χ2v) is 5.75. The third-order valence-electron chi connectivity index (χ3n) is 3.62. The van der Waals surface area contributed by atoms with Crippen molar-refractivity contribution in [1.82, 2.24) is 25.1 Å². The molecule has 3 rings (SSSR count). The molecule has 1 saturated heterocycles. The molecule has 0 unspecified atom stereocenters. The third kappa shape index (κ3) is 3.42. The minimum atomic E-state index is -0.103. The molecule has 22 heavy (non-hydrogen) atoms. The highest BCUT2D eigenvalue weighted by Crippen LogP contribution is 2.29. The smallest absolute Gasteiger partial charge is 0.239 e. The Bertz CT molecular complexity index is 656. The molecule has 1 aliphatic rings. The molecule has 116 valence electrons. The van der Waals surface area contributed by atoms with Crippen LogP contribution >= 0.6 is 11.6 Å². The van der Waals surface area contributed by atoms with Gasteiger partial charge >= 0.3 is 0 Å². The van der Waals surface area contributed by atoms with E-state index in [4.69, 9.17) is 11.6 Å². The number of nitrogens with one attached hydrogen (secondary N) is 2. The van der Waals surface area contributed by atoms with Crippen LogP contribution in [0.2, 0.25) is 5.02 Å². The summed E-state index contributed by atoms with van der Waals surface area (Å²) < 4.78 is 0. The van der Waals surface area contributed by atoms with Crippen molar-refractivity contribution in [3.8, 4) is 0 Å². The highest BCUT2D eigenvalue weighted by molar-refractivity contribution is 6.30. The summed E-state index contributed by atoms with van der Waals surface area (Å²) in [7, 11) is 0. The number of amides is 1. The highest BCUT2D eigenvalue weighted by atomic mass is 35.5. The molecular weight excluding hydrogens is 304 g/mol. The second kappa shape index (κ2) is 6.41. The summed E-state index contributed by atoms with van der Waals surface area (Å²) in [5, 5.41) is 10.4. The Morgan fingerprint density at radius 1 is 1.55 bits per heavy atom. The summed E-state index contributed by atoms with van der Waals surface area (Å²) in [5.41, 5.74) is 0. The number of rotatable bonds is 4. The number of carbonyl (C=O) groups excluding carboxylic acids is 1. The number of aromatic amines is 1. The van der Waals surface area contributed by atoms with Gasteiger partial charge in [-0.25, -0.2) is 9.97 Å². The highest BCUT2D eigenvalue weighted by Gasteiger charge is 2.30. The maximum Gasteiger partial charge on any atom is 0.239 e. The summed E-state index contributed by atoms with van der Waals surface area (Å²) in [5.74, 6) is 1.94. The van der Waals surface area contributed by atoms with Crippen LogP contribution in [0.25, 0.3) is 0 Å². The van der Waals surface area contributed by atoms with E-state index in [1.54, 1.807) is 12.1 Å². The maximum atomic E-state index is 12.2. The molecule has 2 N–H and O–H groups in total. The molecule has 0 aromatic carbocycles. The number of carbonyl (C=O) groups is 1. The first-order valence-electron chi connectivity index (χ1n) is 7.16. The zero-order chi connectivity index (χ0) is 15.5. The fourth-order valence-corrected chi connectivity index (χ4v) is 2.75. The number of anilines is 1. The minimum Gasteiger partial charge on any atom is -0.310 e. The van der Waals surface area contributed by atoms with Gasteiger partial charge in [0.1, 0.15) is 11.6 Å². The maximum absolute atomic E-state index is 12.2. The van der Waals surface area contributed by atoms with E-state index in [0.717, 1.165) is 31.0 Å². The summed E-state index contributed by atoms with van der Waals surface area (Å²) in [6, 6.07) is 3.47. The zero-order valence-electron chi connectivity index (χ0n) is 12.2. The minimum absolute atomic E-state index is 0.0916. The largest absolute Gasteiger partial charge is 0.310 e. The Morgan fingerprint density at radius 3 is 3.09 bits per heavy atom. The number of likely N-dealkylation sites (tertiary alicyclic amines) is 1. The summed E-state index contributed by atoms with van der Waals surface area (Å²) >= 11 is 5.77. The second-order valence-electron chi connectivity index (χ2n) is 5.32. The van der Waals surface area contributed by atoms with E-state index < -0.39 is 0 Å². The Labute approximate surface area is 133 Å². The molecule has 1 atom stereocenters. The normalized spacial score (nSPS) is 18.5. The van der Waals surface area contributed by atoms with Crippen molar-refractivity contribution in [3.63, 3.8) is 0 Å². The number of H-pyrrole nitrogens is 1. The van der Waals surface area contributed by atoms with Gasteiger partial charge < -0.3 is 5.32 Å². The Hall–Kier alpha value is -1.99. The molecular formula is C14H17ClN6O. The van der Waals surface area contributed by atoms with E-state index in [2.05, 4.69) is 30.4 Å². The van der Waals surface area contributed by atoms with Gasteiger partial charge in [-0.1, -0.05) is 11.6 Å². The number of aromatic nitrogens is 4. The monoisotopic (exact) mass is 320 g/mol. The van der Waals surface area contributed by atoms with Gasteiger partial charge in [0.25, 0.3) is 0 Å². The van der Waals surface area contributed by atoms with Gasteiger partial charge in [-0.2, -0.15) is 5.10 Å². The van der Waals surface area contributed by atoms with Crippen LogP contribution in [0, 0.1) is 6.92 Å². The van der Waals surface area contributed by atoms with E-state index in [1.807, 2.05) is 6.92 Å². The van der Waals surface area contributed by atoms with Crippen molar-refractivity contribution in [2.75, 3.05) is 18.4 Å². The van der Waals surface area contributed by atoms with Crippen LogP contribution in [0.4, 0.5) is 5.82 Å². The topological polar surface area (TPSA) is 86.8 Å². The van der Waals surface area contributed by atoms with Gasteiger partial charge in [-0.15, -0.1) is 0 Å². The molecule has 0 aliphatic carbocycles. The van der Waals surface area contributed by atoms with Gasteiger partial charge in [0.15, 0.2) is 5.82 Å². The molecule has 2 aromatic heterocycles. The van der Waals surface area contributed by atoms with Crippen molar-refractivity contribution >= 4 is 23.3 Å². The lowest BCUT2D eigenvalue weighted by molar-refractivity contribution is -0.117. The molecule has 1 fully saturated rings. The zero-order valence-corrected chi connectivity index (χ0v) is 13.0. The number of nitrogens with zero attached hydrogens (tertiary/aromatic N) is 4. The van der Waals surface area contributed by atoms with Gasteiger partial charge in [0, 0.05) is 6.20 Å². The lowest BCUT2D eigenvalue weighted by atomic mass is 10.2. The van der Waals surface area contributed by atoms with Crippen LogP contribution in [0.15, 0.2) is 18.3 Å². The lowest BCUT2D eigenvalue weighted by Gasteiger charge is -2.21. The molecule has 8 heteroatoms. The van der Waals surface area contributed by atoms with Crippen LogP contribution in [0.3, 0.4) is 0 Å². The molecule has 0 radical (unpaired) electrons. The van der Waals surface area contributed by atoms with Gasteiger partial charge in [0.05, 0.1) is 17.6 Å². The number of halogens is 1. The number of pyridine rings is 1. The molecule has 2 aromatic rings. The van der Waals surface area contributed by atoms with E-state index in [0.29, 0.717) is 17.4 Å². The van der Waals surface area contributed by atoms with Gasteiger partial charge in [-0.05, 0) is 38.4 Å². The van der Waals surface area contributed by atoms with Crippen molar-refractivity contribution in [3.05, 3.63) is 35.0 Å². The predicted molar refractivity (Wildman–Crippen MR) is 82.5 cm³/mol. The van der Waals surface area contributed by atoms with Crippen LogP contribution in [0.1, 0.15) is 30.5 Å². The van der Waals surface area contributed by atoms with Crippen LogP contribution in [0.5, 0.6) is 0 Å². The van der Waals surface area contributed by atoms with Crippen LogP contribution in [-0.4, -0.2) is 44.1 Å². The summed E-state index contributed by atoms with van der Waals surface area (Å²) in [6.45, 7) is 3.02. The molecule has 1 aliphatic heterocycles. The van der Waals surface area contributed by atoms with E-state index in [1.165, 1.54) is 6.20 Å². The van der Waals surface area contributed by atoms with Gasteiger partial charge in [0.2, 0.25) is 5.91 Å². The van der Waals surface area contributed by atoms with Crippen LogP contribution in [-0.2, 0) is 4.79 Å². The molecule has 7 nitrogen and oxygen atoms in total. The lowest BCUT2D eigenvalue weighted by Crippen LogP contribution is -2.33.